The number of pyridine rings is 1. The van der Waals surface area contributed by atoms with Crippen LogP contribution in [-0.2, 0) is 0 Å². The average Bonchev–Trinajstić information content (AvgIpc) is 3.00. The number of hydrogen-bond acceptors (Lipinski definition) is 3. The third-order valence-corrected chi connectivity index (χ3v) is 3.53. The van der Waals surface area contributed by atoms with Gasteiger partial charge in [0.1, 0.15) is 0 Å². The molecule has 6 nitrogen and oxygen atoms in total. The molecule has 0 aliphatic heterocycles. The minimum Gasteiger partial charge on any atom is -0.351 e. The predicted octanol–water partition coefficient (Wildman–Crippen LogP) is 2.73. The number of hydrogen-bond donors (Lipinski definition) is 2. The molecule has 3 rings (SSSR count). The molecule has 0 aliphatic rings. The van der Waals surface area contributed by atoms with Gasteiger partial charge in [0.15, 0.2) is 5.69 Å². The summed E-state index contributed by atoms with van der Waals surface area (Å²) in [6, 6.07) is 14.5. The van der Waals surface area contributed by atoms with Gasteiger partial charge in [-0.25, -0.2) is 4.98 Å². The van der Waals surface area contributed by atoms with Gasteiger partial charge in [-0.05, 0) is 30.7 Å². The first kappa shape index (κ1) is 15.7. The maximum atomic E-state index is 12.6. The minimum absolute atomic E-state index is 0.177. The van der Waals surface area contributed by atoms with Crippen molar-refractivity contribution in [1.29, 1.82) is 0 Å². The van der Waals surface area contributed by atoms with E-state index >= 15 is 0 Å². The number of anilines is 1. The number of para-hydroxylation sites is 1. The fraction of sp³-hybridized carbons (Fsp3) is 0.167. The summed E-state index contributed by atoms with van der Waals surface area (Å²) in [4.78, 5) is 29.1. The van der Waals surface area contributed by atoms with Gasteiger partial charge in [0.05, 0.1) is 5.52 Å². The Labute approximate surface area is 139 Å². The lowest BCUT2D eigenvalue weighted by Crippen LogP contribution is -2.24. The Kier molecular flexibility index (Phi) is 4.56. The normalized spacial score (nSPS) is 10.5. The van der Waals surface area contributed by atoms with Gasteiger partial charge < -0.3 is 10.6 Å². The highest BCUT2D eigenvalue weighted by Crippen LogP contribution is 2.15. The average molecular weight is 322 g/mol. The van der Waals surface area contributed by atoms with Crippen molar-refractivity contribution in [2.24, 2.45) is 0 Å². The van der Waals surface area contributed by atoms with Gasteiger partial charge in [-0.1, -0.05) is 31.2 Å². The summed E-state index contributed by atoms with van der Waals surface area (Å²) in [6.45, 7) is 2.54. The van der Waals surface area contributed by atoms with E-state index in [4.69, 9.17) is 0 Å². The Morgan fingerprint density at radius 3 is 2.54 bits per heavy atom. The molecule has 24 heavy (non-hydrogen) atoms. The van der Waals surface area contributed by atoms with Crippen molar-refractivity contribution < 1.29 is 9.59 Å². The summed E-state index contributed by atoms with van der Waals surface area (Å²) in [5.41, 5.74) is 1.53. The molecule has 0 atom stereocenters. The standard InChI is InChI=1S/C18H18N4O2/c1-2-11-19-17(23)15-14-10-6-7-12-22(14)16(21-15)18(24)20-13-8-4-3-5-9-13/h3-10,12H,2,11H2,1H3,(H,19,23)(H,20,24). The molecule has 2 amide bonds. The molecule has 6 heteroatoms. The fourth-order valence-electron chi connectivity index (χ4n) is 2.40. The Morgan fingerprint density at radius 1 is 1.04 bits per heavy atom. The highest BCUT2D eigenvalue weighted by atomic mass is 16.2. The van der Waals surface area contributed by atoms with Crippen LogP contribution in [-0.4, -0.2) is 27.7 Å². The number of nitrogens with one attached hydrogen (secondary N) is 2. The Bertz CT molecular complexity index is 871. The Balaban J connectivity index is 1.96. The number of imidazole rings is 1. The van der Waals surface area contributed by atoms with Crippen molar-refractivity contribution in [3.8, 4) is 0 Å². The molecule has 2 N–H and O–H groups in total. The minimum atomic E-state index is -0.364. The molecule has 0 bridgehead atoms. The van der Waals surface area contributed by atoms with Gasteiger partial charge in [-0.3, -0.25) is 14.0 Å². The topological polar surface area (TPSA) is 75.5 Å². The smallest absolute Gasteiger partial charge is 0.292 e. The number of nitrogens with zero attached hydrogens (tertiary/aromatic N) is 2. The maximum Gasteiger partial charge on any atom is 0.292 e. The molecule has 0 aliphatic carbocycles. The van der Waals surface area contributed by atoms with E-state index in [-0.39, 0.29) is 23.3 Å². The molecule has 0 unspecified atom stereocenters. The number of carbonyl (C=O) groups is 2. The molecular weight excluding hydrogens is 304 g/mol. The van der Waals surface area contributed by atoms with Gasteiger partial charge in [0, 0.05) is 18.4 Å². The zero-order valence-corrected chi connectivity index (χ0v) is 13.3. The molecule has 122 valence electrons. The van der Waals surface area contributed by atoms with E-state index in [1.807, 2.05) is 31.2 Å². The van der Waals surface area contributed by atoms with Crippen LogP contribution in [0, 0.1) is 0 Å². The molecule has 1 aromatic carbocycles. The van der Waals surface area contributed by atoms with Crippen LogP contribution in [0.25, 0.3) is 5.52 Å². The van der Waals surface area contributed by atoms with Gasteiger partial charge in [-0.15, -0.1) is 0 Å². The van der Waals surface area contributed by atoms with Crippen LogP contribution >= 0.6 is 0 Å². The maximum absolute atomic E-state index is 12.6. The lowest BCUT2D eigenvalue weighted by molar-refractivity contribution is 0.0951. The lowest BCUT2D eigenvalue weighted by Gasteiger charge is -2.03. The first-order chi connectivity index (χ1) is 11.7. The molecule has 2 aromatic heterocycles. The van der Waals surface area contributed by atoms with Crippen LogP contribution < -0.4 is 10.6 Å². The number of benzene rings is 1. The third-order valence-electron chi connectivity index (χ3n) is 3.53. The number of amides is 2. The van der Waals surface area contributed by atoms with Crippen LogP contribution in [0.15, 0.2) is 54.7 Å². The molecule has 0 saturated carbocycles. The van der Waals surface area contributed by atoms with Crippen molar-refractivity contribution in [2.75, 3.05) is 11.9 Å². The molecule has 3 aromatic rings. The van der Waals surface area contributed by atoms with E-state index in [0.717, 1.165) is 6.42 Å². The number of fused-ring (bicyclic) bond motifs is 1. The summed E-state index contributed by atoms with van der Waals surface area (Å²) in [7, 11) is 0. The molecule has 0 radical (unpaired) electrons. The quantitative estimate of drug-likeness (QED) is 0.758. The molecule has 2 heterocycles. The first-order valence-electron chi connectivity index (χ1n) is 7.82. The van der Waals surface area contributed by atoms with E-state index in [1.165, 1.54) is 0 Å². The van der Waals surface area contributed by atoms with E-state index in [0.29, 0.717) is 17.7 Å². The summed E-state index contributed by atoms with van der Waals surface area (Å²) in [5, 5.41) is 5.59. The Morgan fingerprint density at radius 2 is 1.79 bits per heavy atom. The van der Waals surface area contributed by atoms with Crippen molar-refractivity contribution in [3.63, 3.8) is 0 Å². The van der Waals surface area contributed by atoms with Gasteiger partial charge in [0.25, 0.3) is 11.8 Å². The third kappa shape index (κ3) is 3.12. The van der Waals surface area contributed by atoms with Crippen molar-refractivity contribution in [2.45, 2.75) is 13.3 Å². The molecule has 0 spiro atoms. The summed E-state index contributed by atoms with van der Waals surface area (Å²) in [6.07, 6.45) is 2.55. The fourth-order valence-corrected chi connectivity index (χ4v) is 2.40. The lowest BCUT2D eigenvalue weighted by atomic mass is 10.3. The van der Waals surface area contributed by atoms with Crippen molar-refractivity contribution in [3.05, 3.63) is 66.2 Å². The summed E-state index contributed by atoms with van der Waals surface area (Å²) in [5.74, 6) is -0.465. The van der Waals surface area contributed by atoms with Crippen LogP contribution in [0.2, 0.25) is 0 Å². The number of rotatable bonds is 5. The Hall–Kier alpha value is -3.15. The van der Waals surface area contributed by atoms with E-state index < -0.39 is 0 Å². The van der Waals surface area contributed by atoms with Gasteiger partial charge in [0.2, 0.25) is 5.82 Å². The summed E-state index contributed by atoms with van der Waals surface area (Å²) >= 11 is 0. The van der Waals surface area contributed by atoms with Gasteiger partial charge >= 0.3 is 0 Å². The second kappa shape index (κ2) is 6.95. The van der Waals surface area contributed by atoms with Crippen LogP contribution in [0.5, 0.6) is 0 Å². The highest BCUT2D eigenvalue weighted by Gasteiger charge is 2.21. The molecule has 0 saturated heterocycles. The zero-order chi connectivity index (χ0) is 16.9. The highest BCUT2D eigenvalue weighted by molar-refractivity contribution is 6.06. The largest absolute Gasteiger partial charge is 0.351 e. The number of aromatic nitrogens is 2. The van der Waals surface area contributed by atoms with Crippen LogP contribution in [0.3, 0.4) is 0 Å². The zero-order valence-electron chi connectivity index (χ0n) is 13.3. The number of carbonyl (C=O) groups excluding carboxylic acids is 2. The van der Waals surface area contributed by atoms with E-state index in [9.17, 15) is 9.59 Å². The SMILES string of the molecule is CCCNC(=O)c1nc(C(=O)Nc2ccccc2)n2ccccc12. The first-order valence-corrected chi connectivity index (χ1v) is 7.82. The van der Waals surface area contributed by atoms with Crippen LogP contribution in [0.4, 0.5) is 5.69 Å². The van der Waals surface area contributed by atoms with Gasteiger partial charge in [-0.2, -0.15) is 0 Å². The predicted molar refractivity (Wildman–Crippen MR) is 92.2 cm³/mol. The van der Waals surface area contributed by atoms with Crippen LogP contribution in [0.1, 0.15) is 34.5 Å². The molecular formula is C18H18N4O2. The summed E-state index contributed by atoms with van der Waals surface area (Å²) < 4.78 is 1.62. The second-order valence-corrected chi connectivity index (χ2v) is 5.32. The second-order valence-electron chi connectivity index (χ2n) is 5.32. The monoisotopic (exact) mass is 322 g/mol. The van der Waals surface area contributed by atoms with Crippen molar-refractivity contribution >= 4 is 23.0 Å². The van der Waals surface area contributed by atoms with Crippen molar-refractivity contribution in [1.82, 2.24) is 14.7 Å². The van der Waals surface area contributed by atoms with E-state index in [2.05, 4.69) is 15.6 Å². The molecule has 0 fully saturated rings. The van der Waals surface area contributed by atoms with E-state index in [1.54, 1.807) is 34.9 Å².